The Bertz CT molecular complexity index is 242. The molecule has 3 atom stereocenters. The van der Waals surface area contributed by atoms with Crippen molar-refractivity contribution in [2.45, 2.75) is 44.9 Å². The Morgan fingerprint density at radius 2 is 2.12 bits per heavy atom. The van der Waals surface area contributed by atoms with Gasteiger partial charge in [-0.15, -0.1) is 0 Å². The minimum absolute atomic E-state index is 0.173. The first-order valence-corrected chi connectivity index (χ1v) is 6.74. The lowest BCUT2D eigenvalue weighted by atomic mass is 9.89. The number of unbranched alkanes of at least 4 members (excludes halogenated alkanes) is 1. The summed E-state index contributed by atoms with van der Waals surface area (Å²) >= 11 is 0. The van der Waals surface area contributed by atoms with E-state index in [0.29, 0.717) is 6.42 Å². The van der Waals surface area contributed by atoms with Crippen LogP contribution in [0.2, 0.25) is 0 Å². The largest absolute Gasteiger partial charge is 0.370 e. The van der Waals surface area contributed by atoms with Gasteiger partial charge in [-0.25, -0.2) is 0 Å². The fourth-order valence-corrected chi connectivity index (χ4v) is 3.46. The third kappa shape index (κ3) is 3.21. The highest BCUT2D eigenvalue weighted by Gasteiger charge is 2.38. The number of carbonyl (C=O) groups is 1. The summed E-state index contributed by atoms with van der Waals surface area (Å²) in [7, 11) is 0. The molecule has 2 fully saturated rings. The molecule has 0 aliphatic heterocycles. The van der Waals surface area contributed by atoms with Crippen LogP contribution in [0.15, 0.2) is 0 Å². The molecule has 16 heavy (non-hydrogen) atoms. The van der Waals surface area contributed by atoms with Gasteiger partial charge in [-0.05, 0) is 62.9 Å². The first-order chi connectivity index (χ1) is 7.75. The van der Waals surface area contributed by atoms with E-state index < -0.39 is 0 Å². The second-order valence-electron chi connectivity index (χ2n) is 5.56. The van der Waals surface area contributed by atoms with E-state index in [0.717, 1.165) is 37.1 Å². The molecule has 0 radical (unpaired) electrons. The maximum Gasteiger partial charge on any atom is 0.217 e. The highest BCUT2D eigenvalue weighted by atomic mass is 16.1. The van der Waals surface area contributed by atoms with Gasteiger partial charge in [0.05, 0.1) is 0 Å². The monoisotopic (exact) mass is 224 g/mol. The zero-order chi connectivity index (χ0) is 11.4. The van der Waals surface area contributed by atoms with Gasteiger partial charge in [0.25, 0.3) is 0 Å². The highest BCUT2D eigenvalue weighted by molar-refractivity contribution is 5.73. The number of carbonyl (C=O) groups excluding carboxylic acids is 1. The van der Waals surface area contributed by atoms with Gasteiger partial charge in [-0.3, -0.25) is 4.79 Å². The lowest BCUT2D eigenvalue weighted by Crippen LogP contribution is -2.27. The van der Waals surface area contributed by atoms with E-state index in [-0.39, 0.29) is 5.91 Å². The number of rotatable bonds is 7. The quantitative estimate of drug-likeness (QED) is 0.646. The van der Waals surface area contributed by atoms with Gasteiger partial charge >= 0.3 is 0 Å². The van der Waals surface area contributed by atoms with Crippen LogP contribution in [0.5, 0.6) is 0 Å². The molecule has 3 nitrogen and oxygen atoms in total. The summed E-state index contributed by atoms with van der Waals surface area (Å²) in [5.41, 5.74) is 5.09. The number of nitrogens with two attached hydrogens (primary N) is 1. The zero-order valence-corrected chi connectivity index (χ0v) is 10.1. The molecule has 2 aliphatic rings. The second-order valence-corrected chi connectivity index (χ2v) is 5.56. The summed E-state index contributed by atoms with van der Waals surface area (Å²) in [6.07, 6.45) is 8.45. The SMILES string of the molecule is NC(=O)CCCCNCC1CC2CCC1C2. The average Bonchev–Trinajstić information content (AvgIpc) is 2.84. The summed E-state index contributed by atoms with van der Waals surface area (Å²) in [5.74, 6) is 2.83. The summed E-state index contributed by atoms with van der Waals surface area (Å²) in [6, 6.07) is 0. The van der Waals surface area contributed by atoms with Gasteiger partial charge in [0, 0.05) is 6.42 Å². The topological polar surface area (TPSA) is 55.1 Å². The number of nitrogens with one attached hydrogen (secondary N) is 1. The molecule has 2 rings (SSSR count). The Morgan fingerprint density at radius 1 is 1.25 bits per heavy atom. The molecule has 0 saturated heterocycles. The number of amides is 1. The Hall–Kier alpha value is -0.570. The van der Waals surface area contributed by atoms with E-state index in [4.69, 9.17) is 5.73 Å². The van der Waals surface area contributed by atoms with Crippen molar-refractivity contribution in [3.8, 4) is 0 Å². The molecular weight excluding hydrogens is 200 g/mol. The molecular formula is C13H24N2O. The smallest absolute Gasteiger partial charge is 0.217 e. The third-order valence-electron chi connectivity index (χ3n) is 4.32. The molecule has 3 heteroatoms. The van der Waals surface area contributed by atoms with Crippen molar-refractivity contribution in [3.63, 3.8) is 0 Å². The molecule has 2 bridgehead atoms. The molecule has 0 aromatic rings. The fourth-order valence-electron chi connectivity index (χ4n) is 3.46. The molecule has 0 aromatic heterocycles. The van der Waals surface area contributed by atoms with Gasteiger partial charge in [-0.2, -0.15) is 0 Å². The second kappa shape index (κ2) is 5.67. The van der Waals surface area contributed by atoms with Crippen molar-refractivity contribution in [2.75, 3.05) is 13.1 Å². The van der Waals surface area contributed by atoms with Gasteiger partial charge < -0.3 is 11.1 Å². The van der Waals surface area contributed by atoms with E-state index in [1.165, 1.54) is 32.2 Å². The maximum atomic E-state index is 10.5. The molecule has 3 N–H and O–H groups in total. The summed E-state index contributed by atoms with van der Waals surface area (Å²) in [5, 5.41) is 3.53. The van der Waals surface area contributed by atoms with Crippen molar-refractivity contribution in [1.82, 2.24) is 5.32 Å². The third-order valence-corrected chi connectivity index (χ3v) is 4.32. The number of fused-ring (bicyclic) bond motifs is 2. The molecule has 92 valence electrons. The molecule has 2 aliphatic carbocycles. The van der Waals surface area contributed by atoms with E-state index in [1.807, 2.05) is 0 Å². The predicted molar refractivity (Wildman–Crippen MR) is 64.9 cm³/mol. The Kier molecular flexibility index (Phi) is 4.22. The van der Waals surface area contributed by atoms with E-state index in [1.54, 1.807) is 0 Å². The lowest BCUT2D eigenvalue weighted by molar-refractivity contribution is -0.118. The van der Waals surface area contributed by atoms with E-state index in [9.17, 15) is 4.79 Å². The van der Waals surface area contributed by atoms with Crippen LogP contribution in [0.1, 0.15) is 44.9 Å². The molecule has 0 aromatic carbocycles. The van der Waals surface area contributed by atoms with Crippen molar-refractivity contribution in [2.24, 2.45) is 23.5 Å². The molecule has 2 saturated carbocycles. The van der Waals surface area contributed by atoms with Gasteiger partial charge in [-0.1, -0.05) is 6.42 Å². The molecule has 3 unspecified atom stereocenters. The summed E-state index contributed by atoms with van der Waals surface area (Å²) < 4.78 is 0. The number of primary amides is 1. The number of hydrogen-bond donors (Lipinski definition) is 2. The van der Waals surface area contributed by atoms with Crippen LogP contribution >= 0.6 is 0 Å². The Morgan fingerprint density at radius 3 is 2.75 bits per heavy atom. The van der Waals surface area contributed by atoms with Gasteiger partial charge in [0.2, 0.25) is 5.91 Å². The normalized spacial score (nSPS) is 32.1. The first-order valence-electron chi connectivity index (χ1n) is 6.74. The van der Waals surface area contributed by atoms with Crippen LogP contribution in [0.3, 0.4) is 0 Å². The van der Waals surface area contributed by atoms with Crippen LogP contribution in [0, 0.1) is 17.8 Å². The van der Waals surface area contributed by atoms with Crippen LogP contribution < -0.4 is 11.1 Å². The molecule has 0 spiro atoms. The Balaban J connectivity index is 1.48. The first kappa shape index (κ1) is 11.9. The zero-order valence-electron chi connectivity index (χ0n) is 10.1. The Labute approximate surface area is 98.2 Å². The lowest BCUT2D eigenvalue weighted by Gasteiger charge is -2.21. The van der Waals surface area contributed by atoms with E-state index >= 15 is 0 Å². The van der Waals surface area contributed by atoms with Crippen LogP contribution in [0.25, 0.3) is 0 Å². The minimum atomic E-state index is -0.173. The van der Waals surface area contributed by atoms with Crippen molar-refractivity contribution < 1.29 is 4.79 Å². The maximum absolute atomic E-state index is 10.5. The fraction of sp³-hybridized carbons (Fsp3) is 0.923. The van der Waals surface area contributed by atoms with Crippen molar-refractivity contribution >= 4 is 5.91 Å². The van der Waals surface area contributed by atoms with Crippen LogP contribution in [-0.4, -0.2) is 19.0 Å². The van der Waals surface area contributed by atoms with Crippen molar-refractivity contribution in [3.05, 3.63) is 0 Å². The summed E-state index contributed by atoms with van der Waals surface area (Å²) in [4.78, 5) is 10.5. The van der Waals surface area contributed by atoms with Crippen molar-refractivity contribution in [1.29, 1.82) is 0 Å². The predicted octanol–water partition coefficient (Wildman–Crippen LogP) is 1.67. The number of hydrogen-bond acceptors (Lipinski definition) is 2. The average molecular weight is 224 g/mol. The molecule has 0 heterocycles. The highest BCUT2D eigenvalue weighted by Crippen LogP contribution is 2.47. The summed E-state index contributed by atoms with van der Waals surface area (Å²) in [6.45, 7) is 2.24. The van der Waals surface area contributed by atoms with Gasteiger partial charge in [0.1, 0.15) is 0 Å². The molecule has 1 amide bonds. The van der Waals surface area contributed by atoms with E-state index in [2.05, 4.69) is 5.32 Å². The van der Waals surface area contributed by atoms with Gasteiger partial charge in [0.15, 0.2) is 0 Å². The van der Waals surface area contributed by atoms with Crippen LogP contribution in [-0.2, 0) is 4.79 Å². The minimum Gasteiger partial charge on any atom is -0.370 e. The standard InChI is InChI=1S/C13H24N2O/c14-13(16)3-1-2-6-15-9-12-8-10-4-5-11(12)7-10/h10-12,15H,1-9H2,(H2,14,16). The van der Waals surface area contributed by atoms with Crippen LogP contribution in [0.4, 0.5) is 0 Å².